The lowest BCUT2D eigenvalue weighted by molar-refractivity contribution is -0.157. The number of carbonyl (C=O) groups is 1. The van der Waals surface area contributed by atoms with E-state index in [0.29, 0.717) is 26.3 Å². The lowest BCUT2D eigenvalue weighted by atomic mass is 9.87. The number of carbonyl (C=O) groups excluding carboxylic acids is 1. The number of nitrogens with one attached hydrogen (secondary N) is 1. The van der Waals surface area contributed by atoms with Crippen molar-refractivity contribution in [3.8, 4) is 0 Å². The Bertz CT molecular complexity index is 166. The number of amides is 1. The Hall–Kier alpha value is -0.610. The summed E-state index contributed by atoms with van der Waals surface area (Å²) >= 11 is 0. The van der Waals surface area contributed by atoms with E-state index >= 15 is 0 Å². The predicted octanol–water partition coefficient (Wildman–Crippen LogP) is -0.512. The zero-order chi connectivity index (χ0) is 9.03. The van der Waals surface area contributed by atoms with Gasteiger partial charge in [-0.2, -0.15) is 0 Å². The van der Waals surface area contributed by atoms with E-state index < -0.39 is 0 Å². The van der Waals surface area contributed by atoms with Crippen molar-refractivity contribution in [3.05, 3.63) is 0 Å². The number of nitrogens with two attached hydrogens (primary N) is 1. The number of hydrogen-bond donors (Lipinski definition) is 2. The van der Waals surface area contributed by atoms with Gasteiger partial charge in [0.15, 0.2) is 0 Å². The Morgan fingerprint density at radius 3 is 2.75 bits per heavy atom. The molecule has 0 atom stereocenters. The number of rotatable bonds is 4. The summed E-state index contributed by atoms with van der Waals surface area (Å²) in [4.78, 5) is 11.4. The number of hydrogen-bond acceptors (Lipinski definition) is 3. The summed E-state index contributed by atoms with van der Waals surface area (Å²) < 4.78 is 4.98. The lowest BCUT2D eigenvalue weighted by Gasteiger charge is -2.36. The van der Waals surface area contributed by atoms with Crippen molar-refractivity contribution >= 4 is 5.91 Å². The molecule has 0 aromatic rings. The second-order valence-corrected chi connectivity index (χ2v) is 3.45. The zero-order valence-corrected chi connectivity index (χ0v) is 7.43. The highest BCUT2D eigenvalue weighted by Gasteiger charge is 2.40. The highest BCUT2D eigenvalue weighted by atomic mass is 16.5. The normalized spacial score (nSPS) is 19.8. The van der Waals surface area contributed by atoms with Crippen LogP contribution in [-0.4, -0.2) is 32.2 Å². The van der Waals surface area contributed by atoms with Crippen molar-refractivity contribution < 1.29 is 9.53 Å². The van der Waals surface area contributed by atoms with Crippen molar-refractivity contribution in [2.45, 2.75) is 13.3 Å². The average Bonchev–Trinajstić information content (AvgIpc) is 2.00. The van der Waals surface area contributed by atoms with Crippen molar-refractivity contribution in [3.63, 3.8) is 0 Å². The zero-order valence-electron chi connectivity index (χ0n) is 7.43. The Kier molecular flexibility index (Phi) is 3.05. The fraction of sp³-hybridized carbons (Fsp3) is 0.875. The molecule has 1 heterocycles. The maximum absolute atomic E-state index is 11.4. The van der Waals surface area contributed by atoms with Crippen LogP contribution in [0.25, 0.3) is 0 Å². The van der Waals surface area contributed by atoms with Crippen molar-refractivity contribution in [2.24, 2.45) is 11.1 Å². The lowest BCUT2D eigenvalue weighted by Crippen LogP contribution is -2.52. The molecule has 0 aliphatic carbocycles. The topological polar surface area (TPSA) is 64.4 Å². The Morgan fingerprint density at radius 2 is 2.33 bits per heavy atom. The van der Waals surface area contributed by atoms with Crippen LogP contribution in [0.15, 0.2) is 0 Å². The van der Waals surface area contributed by atoms with Crippen molar-refractivity contribution in [1.29, 1.82) is 0 Å². The predicted molar refractivity (Wildman–Crippen MR) is 45.6 cm³/mol. The molecule has 0 unspecified atom stereocenters. The molecule has 4 heteroatoms. The molecule has 4 nitrogen and oxygen atoms in total. The van der Waals surface area contributed by atoms with Gasteiger partial charge in [0.2, 0.25) is 5.91 Å². The SMILES string of the molecule is CC1(C(=O)NCCCN)COC1. The molecule has 1 fully saturated rings. The van der Waals surface area contributed by atoms with Gasteiger partial charge < -0.3 is 15.8 Å². The van der Waals surface area contributed by atoms with Crippen molar-refractivity contribution in [2.75, 3.05) is 26.3 Å². The smallest absolute Gasteiger partial charge is 0.230 e. The Morgan fingerprint density at radius 1 is 1.67 bits per heavy atom. The maximum Gasteiger partial charge on any atom is 0.230 e. The summed E-state index contributed by atoms with van der Waals surface area (Å²) in [5, 5.41) is 2.83. The fourth-order valence-corrected chi connectivity index (χ4v) is 1.06. The Balaban J connectivity index is 2.19. The first-order chi connectivity index (χ1) is 5.69. The minimum atomic E-state index is -0.283. The van der Waals surface area contributed by atoms with Gasteiger partial charge >= 0.3 is 0 Å². The van der Waals surface area contributed by atoms with Crippen LogP contribution in [-0.2, 0) is 9.53 Å². The second-order valence-electron chi connectivity index (χ2n) is 3.45. The van der Waals surface area contributed by atoms with E-state index in [2.05, 4.69) is 5.32 Å². The molecule has 0 spiro atoms. The molecule has 12 heavy (non-hydrogen) atoms. The summed E-state index contributed by atoms with van der Waals surface area (Å²) in [7, 11) is 0. The van der Waals surface area contributed by atoms with Gasteiger partial charge in [-0.3, -0.25) is 4.79 Å². The van der Waals surface area contributed by atoms with E-state index in [4.69, 9.17) is 10.5 Å². The molecule has 0 bridgehead atoms. The summed E-state index contributed by atoms with van der Waals surface area (Å²) in [6.45, 7) is 4.29. The first kappa shape index (κ1) is 9.48. The first-order valence-electron chi connectivity index (χ1n) is 4.25. The molecule has 0 radical (unpaired) electrons. The molecule has 70 valence electrons. The van der Waals surface area contributed by atoms with E-state index in [-0.39, 0.29) is 11.3 Å². The number of ether oxygens (including phenoxy) is 1. The fourth-order valence-electron chi connectivity index (χ4n) is 1.06. The highest BCUT2D eigenvalue weighted by molar-refractivity contribution is 5.83. The van der Waals surface area contributed by atoms with Crippen LogP contribution in [0, 0.1) is 5.41 Å². The first-order valence-corrected chi connectivity index (χ1v) is 4.25. The molecule has 1 saturated heterocycles. The molecule has 1 amide bonds. The van der Waals surface area contributed by atoms with Crippen LogP contribution in [0.1, 0.15) is 13.3 Å². The van der Waals surface area contributed by atoms with E-state index in [9.17, 15) is 4.79 Å². The Labute approximate surface area is 72.5 Å². The summed E-state index contributed by atoms with van der Waals surface area (Å²) in [5.74, 6) is 0.0854. The van der Waals surface area contributed by atoms with E-state index in [0.717, 1.165) is 6.42 Å². The molecule has 0 saturated carbocycles. The molecule has 1 rings (SSSR count). The molecule has 1 aliphatic rings. The summed E-state index contributed by atoms with van der Waals surface area (Å²) in [6.07, 6.45) is 0.836. The molecular weight excluding hydrogens is 156 g/mol. The minimum Gasteiger partial charge on any atom is -0.379 e. The summed E-state index contributed by atoms with van der Waals surface area (Å²) in [6, 6.07) is 0. The highest BCUT2D eigenvalue weighted by Crippen LogP contribution is 2.26. The minimum absolute atomic E-state index is 0.0854. The average molecular weight is 172 g/mol. The molecule has 3 N–H and O–H groups in total. The van der Waals surface area contributed by atoms with E-state index in [1.807, 2.05) is 6.92 Å². The molecule has 0 aromatic carbocycles. The third kappa shape index (κ3) is 1.95. The van der Waals surface area contributed by atoms with Gasteiger partial charge in [-0.25, -0.2) is 0 Å². The van der Waals surface area contributed by atoms with Gasteiger partial charge in [-0.05, 0) is 19.9 Å². The third-order valence-corrected chi connectivity index (χ3v) is 2.06. The van der Waals surface area contributed by atoms with Gasteiger partial charge in [0.1, 0.15) is 0 Å². The van der Waals surface area contributed by atoms with Gasteiger partial charge in [-0.1, -0.05) is 0 Å². The van der Waals surface area contributed by atoms with Gasteiger partial charge in [0.25, 0.3) is 0 Å². The van der Waals surface area contributed by atoms with Crippen LogP contribution in [0.2, 0.25) is 0 Å². The van der Waals surface area contributed by atoms with Crippen LogP contribution in [0.4, 0.5) is 0 Å². The summed E-state index contributed by atoms with van der Waals surface area (Å²) in [5.41, 5.74) is 5.01. The van der Waals surface area contributed by atoms with E-state index in [1.54, 1.807) is 0 Å². The quantitative estimate of drug-likeness (QED) is 0.561. The van der Waals surface area contributed by atoms with Crippen molar-refractivity contribution in [1.82, 2.24) is 5.32 Å². The van der Waals surface area contributed by atoms with Crippen LogP contribution in [0.5, 0.6) is 0 Å². The largest absolute Gasteiger partial charge is 0.379 e. The standard InChI is InChI=1S/C8H16N2O2/c1-8(5-12-6-8)7(11)10-4-2-3-9/h2-6,9H2,1H3,(H,10,11). The van der Waals surface area contributed by atoms with Crippen LogP contribution in [0.3, 0.4) is 0 Å². The maximum atomic E-state index is 11.4. The molecule has 1 aliphatic heterocycles. The molecule has 0 aromatic heterocycles. The van der Waals surface area contributed by atoms with Gasteiger partial charge in [0, 0.05) is 6.54 Å². The van der Waals surface area contributed by atoms with E-state index in [1.165, 1.54) is 0 Å². The van der Waals surface area contributed by atoms with Gasteiger partial charge in [-0.15, -0.1) is 0 Å². The monoisotopic (exact) mass is 172 g/mol. The van der Waals surface area contributed by atoms with Crippen LogP contribution < -0.4 is 11.1 Å². The molecular formula is C8H16N2O2. The third-order valence-electron chi connectivity index (χ3n) is 2.06. The van der Waals surface area contributed by atoms with Crippen LogP contribution >= 0.6 is 0 Å². The second kappa shape index (κ2) is 3.87. The van der Waals surface area contributed by atoms with Gasteiger partial charge in [0.05, 0.1) is 18.6 Å².